The van der Waals surface area contributed by atoms with E-state index in [2.05, 4.69) is 216 Å². The van der Waals surface area contributed by atoms with Gasteiger partial charge in [0.05, 0.1) is 25.3 Å². The number of anilines is 4. The highest BCUT2D eigenvalue weighted by Gasteiger charge is 2.27. The van der Waals surface area contributed by atoms with Gasteiger partial charge in [-0.25, -0.2) is 0 Å². The zero-order chi connectivity index (χ0) is 34.2. The molecule has 248 valence electrons. The molecule has 0 aliphatic rings. The Labute approximate surface area is 300 Å². The molecular formula is C48H40N2O. The molecule has 0 spiro atoms. The lowest BCUT2D eigenvalue weighted by Crippen LogP contribution is -2.31. The summed E-state index contributed by atoms with van der Waals surface area (Å²) in [4.78, 5) is 4.84. The Morgan fingerprint density at radius 3 is 0.941 bits per heavy atom. The smallest absolute Gasteiger partial charge is 0.0825 e. The first kappa shape index (κ1) is 32.1. The number of rotatable bonds is 12. The van der Waals surface area contributed by atoms with Gasteiger partial charge in [-0.3, -0.25) is 0 Å². The van der Waals surface area contributed by atoms with Crippen molar-refractivity contribution < 1.29 is 4.74 Å². The van der Waals surface area contributed by atoms with Crippen LogP contribution in [0, 0.1) is 0 Å². The molecule has 8 rings (SSSR count). The minimum absolute atomic E-state index is 0.0986. The van der Waals surface area contributed by atoms with Crippen LogP contribution in [0.2, 0.25) is 0 Å². The first-order valence-electron chi connectivity index (χ1n) is 17.7. The zero-order valence-corrected chi connectivity index (χ0v) is 28.5. The van der Waals surface area contributed by atoms with Crippen LogP contribution in [0.4, 0.5) is 22.7 Å². The van der Waals surface area contributed by atoms with Crippen molar-refractivity contribution in [3.8, 4) is 0 Å². The van der Waals surface area contributed by atoms with Crippen LogP contribution in [-0.2, 0) is 4.74 Å². The topological polar surface area (TPSA) is 15.7 Å². The van der Waals surface area contributed by atoms with E-state index in [1.54, 1.807) is 0 Å². The Kier molecular flexibility index (Phi) is 9.54. The third kappa shape index (κ3) is 7.12. The minimum Gasteiger partial charge on any atom is -0.376 e. The molecule has 2 atom stereocenters. The summed E-state index contributed by atoms with van der Waals surface area (Å²) in [6.07, 6.45) is 0. The number of hydrogen-bond donors (Lipinski definition) is 0. The van der Waals surface area contributed by atoms with Crippen molar-refractivity contribution in [1.29, 1.82) is 0 Å². The van der Waals surface area contributed by atoms with E-state index in [1.165, 1.54) is 32.7 Å². The molecule has 3 heteroatoms. The van der Waals surface area contributed by atoms with Crippen LogP contribution in [0.1, 0.15) is 23.2 Å². The normalized spacial score (nSPS) is 12.4. The summed E-state index contributed by atoms with van der Waals surface area (Å²) in [6, 6.07) is 73.2. The fraction of sp³-hybridized carbons (Fsp3) is 0.0833. The van der Waals surface area contributed by atoms with Crippen molar-refractivity contribution in [3.05, 3.63) is 217 Å². The van der Waals surface area contributed by atoms with Crippen LogP contribution in [0.3, 0.4) is 0 Å². The van der Waals surface area contributed by atoms with Gasteiger partial charge in [0, 0.05) is 22.7 Å². The van der Waals surface area contributed by atoms with E-state index in [0.717, 1.165) is 22.7 Å². The lowest BCUT2D eigenvalue weighted by Gasteiger charge is -2.37. The minimum atomic E-state index is -0.0986. The van der Waals surface area contributed by atoms with Gasteiger partial charge in [-0.05, 0) is 93.3 Å². The SMILES string of the molecule is c1ccc(N(c2ccccc2)C(COCC(c2ccc3ccccc3c2)N(c2ccccc2)c2ccccc2)c2ccc3ccccc3c2)cc1. The van der Waals surface area contributed by atoms with E-state index in [0.29, 0.717) is 13.2 Å². The molecular weight excluding hydrogens is 621 g/mol. The fourth-order valence-corrected chi connectivity index (χ4v) is 7.13. The summed E-state index contributed by atoms with van der Waals surface area (Å²) in [5.74, 6) is 0. The Hall–Kier alpha value is -6.16. The molecule has 0 saturated heterocycles. The highest BCUT2D eigenvalue weighted by molar-refractivity contribution is 5.84. The van der Waals surface area contributed by atoms with Crippen molar-refractivity contribution in [2.24, 2.45) is 0 Å². The number of ether oxygens (including phenoxy) is 1. The standard InChI is InChI=1S/C48H40N2O/c1-5-21-43(22-6-1)49(44-23-7-2-8-24-44)47(41-31-29-37-17-13-15-19-39(37)33-41)35-51-36-48(42-32-30-38-18-14-16-20-40(38)34-42)50(45-25-9-3-10-26-45)46-27-11-4-12-28-46/h1-34,47-48H,35-36H2. The van der Waals surface area contributed by atoms with E-state index in [-0.39, 0.29) is 12.1 Å². The van der Waals surface area contributed by atoms with Crippen molar-refractivity contribution in [2.75, 3.05) is 23.0 Å². The van der Waals surface area contributed by atoms with E-state index in [4.69, 9.17) is 4.74 Å². The third-order valence-corrected chi connectivity index (χ3v) is 9.63. The fourth-order valence-electron chi connectivity index (χ4n) is 7.13. The van der Waals surface area contributed by atoms with E-state index < -0.39 is 0 Å². The molecule has 8 aromatic rings. The summed E-state index contributed by atoms with van der Waals surface area (Å²) in [6.45, 7) is 0.952. The van der Waals surface area contributed by atoms with Crippen LogP contribution in [0.15, 0.2) is 206 Å². The Balaban J connectivity index is 1.21. The molecule has 0 radical (unpaired) electrons. The van der Waals surface area contributed by atoms with Crippen molar-refractivity contribution in [3.63, 3.8) is 0 Å². The van der Waals surface area contributed by atoms with Gasteiger partial charge in [-0.15, -0.1) is 0 Å². The van der Waals surface area contributed by atoms with Gasteiger partial charge < -0.3 is 14.5 Å². The maximum absolute atomic E-state index is 7.06. The van der Waals surface area contributed by atoms with Crippen LogP contribution in [0.5, 0.6) is 0 Å². The molecule has 0 amide bonds. The lowest BCUT2D eigenvalue weighted by molar-refractivity contribution is 0.108. The second-order valence-corrected chi connectivity index (χ2v) is 12.9. The average Bonchev–Trinajstić information content (AvgIpc) is 3.21. The average molecular weight is 661 g/mol. The van der Waals surface area contributed by atoms with E-state index in [9.17, 15) is 0 Å². The predicted octanol–water partition coefficient (Wildman–Crippen LogP) is 12.5. The van der Waals surface area contributed by atoms with Gasteiger partial charge in [0.1, 0.15) is 0 Å². The molecule has 0 aliphatic heterocycles. The largest absolute Gasteiger partial charge is 0.376 e. The Morgan fingerprint density at radius 2 is 0.608 bits per heavy atom. The molecule has 8 aromatic carbocycles. The van der Waals surface area contributed by atoms with Crippen molar-refractivity contribution in [2.45, 2.75) is 12.1 Å². The highest BCUT2D eigenvalue weighted by atomic mass is 16.5. The molecule has 0 fully saturated rings. The van der Waals surface area contributed by atoms with Gasteiger partial charge in [0.25, 0.3) is 0 Å². The van der Waals surface area contributed by atoms with Gasteiger partial charge in [-0.1, -0.05) is 146 Å². The monoisotopic (exact) mass is 660 g/mol. The van der Waals surface area contributed by atoms with Crippen LogP contribution >= 0.6 is 0 Å². The maximum Gasteiger partial charge on any atom is 0.0825 e. The van der Waals surface area contributed by atoms with Gasteiger partial charge in [-0.2, -0.15) is 0 Å². The second-order valence-electron chi connectivity index (χ2n) is 12.9. The quantitative estimate of drug-likeness (QED) is 0.130. The first-order chi connectivity index (χ1) is 25.3. The molecule has 51 heavy (non-hydrogen) atoms. The molecule has 0 heterocycles. The maximum atomic E-state index is 7.06. The molecule has 2 unspecified atom stereocenters. The summed E-state index contributed by atoms with van der Waals surface area (Å²) >= 11 is 0. The Bertz CT molecular complexity index is 2060. The predicted molar refractivity (Wildman–Crippen MR) is 214 cm³/mol. The van der Waals surface area contributed by atoms with Crippen LogP contribution < -0.4 is 9.80 Å². The van der Waals surface area contributed by atoms with Crippen molar-refractivity contribution >= 4 is 44.3 Å². The number of benzene rings is 8. The van der Waals surface area contributed by atoms with Crippen molar-refractivity contribution in [1.82, 2.24) is 0 Å². The zero-order valence-electron chi connectivity index (χ0n) is 28.5. The van der Waals surface area contributed by atoms with Crippen LogP contribution in [-0.4, -0.2) is 13.2 Å². The molecule has 0 bridgehead atoms. The first-order valence-corrected chi connectivity index (χ1v) is 17.7. The summed E-state index contributed by atoms with van der Waals surface area (Å²) in [5.41, 5.74) is 6.87. The molecule has 0 saturated carbocycles. The number of para-hydroxylation sites is 4. The lowest BCUT2D eigenvalue weighted by atomic mass is 9.99. The Morgan fingerprint density at radius 1 is 0.314 bits per heavy atom. The molecule has 0 aliphatic carbocycles. The third-order valence-electron chi connectivity index (χ3n) is 9.63. The van der Waals surface area contributed by atoms with Crippen LogP contribution in [0.25, 0.3) is 21.5 Å². The van der Waals surface area contributed by atoms with E-state index in [1.807, 2.05) is 0 Å². The molecule has 0 aromatic heterocycles. The summed E-state index contributed by atoms with van der Waals surface area (Å²) in [7, 11) is 0. The highest BCUT2D eigenvalue weighted by Crippen LogP contribution is 2.39. The molecule has 3 nitrogen and oxygen atoms in total. The summed E-state index contributed by atoms with van der Waals surface area (Å²) in [5, 5.41) is 4.89. The van der Waals surface area contributed by atoms with Gasteiger partial charge in [0.2, 0.25) is 0 Å². The second kappa shape index (κ2) is 15.2. The summed E-state index contributed by atoms with van der Waals surface area (Å²) < 4.78 is 7.06. The number of hydrogen-bond acceptors (Lipinski definition) is 3. The number of nitrogens with zero attached hydrogens (tertiary/aromatic N) is 2. The van der Waals surface area contributed by atoms with Gasteiger partial charge >= 0.3 is 0 Å². The van der Waals surface area contributed by atoms with Gasteiger partial charge in [0.15, 0.2) is 0 Å². The number of fused-ring (bicyclic) bond motifs is 2. The molecule has 0 N–H and O–H groups in total. The van der Waals surface area contributed by atoms with E-state index >= 15 is 0 Å².